The zero-order valence-corrected chi connectivity index (χ0v) is 14.8. The maximum atomic E-state index is 14.9. The van der Waals surface area contributed by atoms with Crippen molar-refractivity contribution in [3.05, 3.63) is 36.3 Å². The Labute approximate surface area is 157 Å². The van der Waals surface area contributed by atoms with E-state index in [1.54, 1.807) is 28.8 Å². The van der Waals surface area contributed by atoms with Crippen LogP contribution in [-0.2, 0) is 5.60 Å². The fourth-order valence-electron chi connectivity index (χ4n) is 3.21. The van der Waals surface area contributed by atoms with Gasteiger partial charge in [0.25, 0.3) is 12.3 Å². The molecular formula is C17H13FN8O2. The Balaban J connectivity index is 1.75. The van der Waals surface area contributed by atoms with Crippen molar-refractivity contribution in [2.24, 2.45) is 0 Å². The molecule has 4 heterocycles. The minimum Gasteiger partial charge on any atom is -0.382 e. The van der Waals surface area contributed by atoms with E-state index < -0.39 is 12.0 Å². The Kier molecular flexibility index (Phi) is 3.14. The van der Waals surface area contributed by atoms with Gasteiger partial charge in [0.05, 0.1) is 11.9 Å². The average Bonchev–Trinajstić information content (AvgIpc) is 3.37. The number of nitrogens with zero attached hydrogens (tertiary/aromatic N) is 8. The smallest absolute Gasteiger partial charge is 0.296 e. The maximum Gasteiger partial charge on any atom is 0.296 e. The molecule has 5 rings (SSSR count). The predicted octanol–water partition coefficient (Wildman–Crippen LogP) is 1.85. The van der Waals surface area contributed by atoms with Gasteiger partial charge in [0, 0.05) is 5.56 Å². The highest BCUT2D eigenvalue weighted by Gasteiger charge is 2.42. The molecule has 1 aromatic carbocycles. The van der Waals surface area contributed by atoms with Gasteiger partial charge in [-0.05, 0) is 26.0 Å². The summed E-state index contributed by atoms with van der Waals surface area (Å²) in [6.07, 6.45) is 1.46. The van der Waals surface area contributed by atoms with Gasteiger partial charge < -0.3 is 9.63 Å². The largest absolute Gasteiger partial charge is 0.382 e. The molecule has 1 N–H and O–H groups in total. The molecule has 11 heteroatoms. The van der Waals surface area contributed by atoms with E-state index in [1.807, 2.05) is 6.19 Å². The van der Waals surface area contributed by atoms with Crippen LogP contribution in [0.4, 0.5) is 10.1 Å². The van der Waals surface area contributed by atoms with Gasteiger partial charge in [-0.1, -0.05) is 17.3 Å². The maximum absolute atomic E-state index is 14.9. The van der Waals surface area contributed by atoms with Gasteiger partial charge in [-0.25, -0.2) is 4.90 Å². The number of fused-ring (bicyclic) bond motifs is 6. The molecule has 10 nitrogen and oxygen atoms in total. The van der Waals surface area contributed by atoms with Crippen LogP contribution >= 0.6 is 0 Å². The third-order valence-corrected chi connectivity index (χ3v) is 4.52. The van der Waals surface area contributed by atoms with Crippen LogP contribution in [0.15, 0.2) is 35.0 Å². The van der Waals surface area contributed by atoms with E-state index >= 15 is 0 Å². The Morgan fingerprint density at radius 2 is 2.00 bits per heavy atom. The van der Waals surface area contributed by atoms with Gasteiger partial charge in [-0.2, -0.15) is 14.6 Å². The Morgan fingerprint density at radius 1 is 1.25 bits per heavy atom. The zero-order valence-electron chi connectivity index (χ0n) is 14.8. The van der Waals surface area contributed by atoms with E-state index in [2.05, 4.69) is 20.3 Å². The fraction of sp³-hybridized carbons (Fsp3) is 0.235. The number of anilines is 1. The van der Waals surface area contributed by atoms with Crippen molar-refractivity contribution < 1.29 is 14.0 Å². The summed E-state index contributed by atoms with van der Waals surface area (Å²) in [5.74, 6) is 1.06. The quantitative estimate of drug-likeness (QED) is 0.524. The summed E-state index contributed by atoms with van der Waals surface area (Å²) in [5, 5.41) is 31.5. The second-order valence-corrected chi connectivity index (χ2v) is 6.86. The molecule has 140 valence electrons. The van der Waals surface area contributed by atoms with Gasteiger partial charge >= 0.3 is 0 Å². The fourth-order valence-corrected chi connectivity index (χ4v) is 3.21. The molecule has 2 aliphatic rings. The van der Waals surface area contributed by atoms with E-state index in [4.69, 9.17) is 4.52 Å². The van der Waals surface area contributed by atoms with Crippen LogP contribution in [0, 0.1) is 11.5 Å². The molecule has 0 saturated heterocycles. The first-order valence-corrected chi connectivity index (χ1v) is 8.35. The summed E-state index contributed by atoms with van der Waals surface area (Å²) in [4.78, 5) is 6.45. The van der Waals surface area contributed by atoms with Crippen molar-refractivity contribution in [3.8, 4) is 29.3 Å². The Hall–Kier alpha value is -3.78. The molecule has 1 unspecified atom stereocenters. The molecular weight excluding hydrogens is 367 g/mol. The molecule has 0 amide bonds. The van der Waals surface area contributed by atoms with Crippen molar-refractivity contribution in [1.82, 2.24) is 29.8 Å². The van der Waals surface area contributed by atoms with Crippen LogP contribution in [0.5, 0.6) is 0 Å². The first-order chi connectivity index (χ1) is 13.4. The van der Waals surface area contributed by atoms with E-state index in [1.165, 1.54) is 24.9 Å². The van der Waals surface area contributed by atoms with Gasteiger partial charge in [-0.3, -0.25) is 9.47 Å². The van der Waals surface area contributed by atoms with Crippen LogP contribution in [0.2, 0.25) is 0 Å². The SMILES string of the molecule is CC(C)(O)c1noc(-c2nnc3n2C2=CN(C#N)C(F)N2c2ccccc2-3)n1. The van der Waals surface area contributed by atoms with Crippen LogP contribution < -0.4 is 4.90 Å². The summed E-state index contributed by atoms with van der Waals surface area (Å²) in [6.45, 7) is 3.05. The van der Waals surface area contributed by atoms with E-state index in [9.17, 15) is 14.8 Å². The Bertz CT molecular complexity index is 1170. The molecule has 1 atom stereocenters. The zero-order chi connectivity index (χ0) is 19.6. The van der Waals surface area contributed by atoms with Gasteiger partial charge in [0.1, 0.15) is 11.4 Å². The minimum absolute atomic E-state index is 0.0157. The number of aromatic nitrogens is 5. The summed E-state index contributed by atoms with van der Waals surface area (Å²) < 4.78 is 21.7. The number of halogens is 1. The van der Waals surface area contributed by atoms with Crippen LogP contribution in [-0.4, -0.2) is 41.3 Å². The monoisotopic (exact) mass is 380 g/mol. The predicted molar refractivity (Wildman–Crippen MR) is 93.1 cm³/mol. The molecule has 3 aromatic rings. The van der Waals surface area contributed by atoms with E-state index in [0.717, 1.165) is 4.90 Å². The topological polar surface area (TPSA) is 120 Å². The molecule has 0 fully saturated rings. The number of hydrogen-bond acceptors (Lipinski definition) is 9. The van der Waals surface area contributed by atoms with Crippen molar-refractivity contribution in [1.29, 1.82) is 5.26 Å². The lowest BCUT2D eigenvalue weighted by Crippen LogP contribution is -2.36. The lowest BCUT2D eigenvalue weighted by molar-refractivity contribution is 0.0661. The molecule has 0 aliphatic carbocycles. The highest BCUT2D eigenvalue weighted by atomic mass is 19.1. The summed E-state index contributed by atoms with van der Waals surface area (Å²) in [7, 11) is 0. The molecule has 28 heavy (non-hydrogen) atoms. The van der Waals surface area contributed by atoms with E-state index in [-0.39, 0.29) is 17.5 Å². The second-order valence-electron chi connectivity index (χ2n) is 6.86. The van der Waals surface area contributed by atoms with Gasteiger partial charge in [0.15, 0.2) is 12.0 Å². The molecule has 0 spiro atoms. The Morgan fingerprint density at radius 3 is 2.71 bits per heavy atom. The number of nitriles is 1. The summed E-state index contributed by atoms with van der Waals surface area (Å²) in [5.41, 5.74) is -0.101. The van der Waals surface area contributed by atoms with Crippen molar-refractivity contribution >= 4 is 11.5 Å². The van der Waals surface area contributed by atoms with Gasteiger partial charge in [0.2, 0.25) is 11.6 Å². The number of hydrogen-bond donors (Lipinski definition) is 1. The normalized spacial score (nSPS) is 17.7. The van der Waals surface area contributed by atoms with Gasteiger partial charge in [-0.15, -0.1) is 10.2 Å². The molecule has 0 bridgehead atoms. The number of alkyl halides is 1. The first-order valence-electron chi connectivity index (χ1n) is 8.35. The standard InChI is InChI=1S/C17H13FN8O2/c1-17(2,27)15-20-14(28-23-15)13-22-21-12-9-5-3-4-6-10(9)25-11(26(12)13)7-24(8-19)16(25)18/h3-7,16,27H,1-2H3. The van der Waals surface area contributed by atoms with Crippen LogP contribution in [0.25, 0.3) is 28.9 Å². The van der Waals surface area contributed by atoms with E-state index in [0.29, 0.717) is 22.9 Å². The number of rotatable bonds is 2. The summed E-state index contributed by atoms with van der Waals surface area (Å²) >= 11 is 0. The molecule has 2 aromatic heterocycles. The third kappa shape index (κ3) is 2.09. The highest BCUT2D eigenvalue weighted by molar-refractivity contribution is 5.90. The summed E-state index contributed by atoms with van der Waals surface area (Å²) in [6, 6.07) is 7.11. The van der Waals surface area contributed by atoms with Crippen molar-refractivity contribution in [3.63, 3.8) is 0 Å². The number of para-hydroxylation sites is 1. The molecule has 0 radical (unpaired) electrons. The lowest BCUT2D eigenvalue weighted by Gasteiger charge is -2.31. The molecule has 2 aliphatic heterocycles. The number of aliphatic hydroxyl groups is 1. The average molecular weight is 380 g/mol. The van der Waals surface area contributed by atoms with Crippen LogP contribution in [0.1, 0.15) is 19.7 Å². The van der Waals surface area contributed by atoms with Crippen molar-refractivity contribution in [2.75, 3.05) is 4.90 Å². The minimum atomic E-state index is -1.71. The van der Waals surface area contributed by atoms with Crippen LogP contribution in [0.3, 0.4) is 0 Å². The second kappa shape index (κ2) is 5.37. The number of benzene rings is 1. The van der Waals surface area contributed by atoms with Crippen molar-refractivity contribution in [2.45, 2.75) is 25.9 Å². The lowest BCUT2D eigenvalue weighted by atomic mass is 10.1. The molecule has 0 saturated carbocycles. The third-order valence-electron chi connectivity index (χ3n) is 4.52. The highest BCUT2D eigenvalue weighted by Crippen LogP contribution is 2.45. The first kappa shape index (κ1) is 16.4.